The lowest BCUT2D eigenvalue weighted by molar-refractivity contribution is 0.173. The molecule has 282 valence electrons. The number of aromatic nitrogens is 3. The number of likely N-dealkylation sites (tertiary alicyclic amines) is 1. The summed E-state index contributed by atoms with van der Waals surface area (Å²) in [6.45, 7) is 8.79. The molecule has 0 radical (unpaired) electrons. The predicted molar refractivity (Wildman–Crippen MR) is 210 cm³/mol. The van der Waals surface area contributed by atoms with Crippen LogP contribution in [-0.2, 0) is 26.3 Å². The van der Waals surface area contributed by atoms with E-state index in [0.717, 1.165) is 77.2 Å². The molecule has 0 saturated carbocycles. The van der Waals surface area contributed by atoms with Gasteiger partial charge in [-0.1, -0.05) is 41.9 Å². The third kappa shape index (κ3) is 10.4. The van der Waals surface area contributed by atoms with E-state index in [1.54, 1.807) is 24.5 Å². The highest BCUT2D eigenvalue weighted by Crippen LogP contribution is 2.37. The van der Waals surface area contributed by atoms with E-state index in [-0.39, 0.29) is 25.1 Å². The number of nitriles is 2. The van der Waals surface area contributed by atoms with Crippen molar-refractivity contribution in [2.45, 2.75) is 59.1 Å². The number of hydrogen-bond acceptors (Lipinski definition) is 11. The standard InChI is InChI=1S/C43H44ClN7O4/c1-29-33(7-4-8-37(29)38-9-5-10-40(30(38)2)53-16-6-14-51-15-12-36(52)26-51)28-55-42-19-41(54-27-32-17-31(20-45)22-47-23-32)34(18-39(42)44)24-50(3)25-35-11-13-48-43(21-46)49-35/h4-5,7-11,13,17-19,22-23,36,52H,6,12,14-16,24-28H2,1-3H3/t36-/m1/s1. The lowest BCUT2D eigenvalue weighted by Crippen LogP contribution is -2.24. The molecule has 3 heterocycles. The van der Waals surface area contributed by atoms with Crippen LogP contribution in [-0.4, -0.2) is 69.3 Å². The third-order valence-electron chi connectivity index (χ3n) is 9.65. The van der Waals surface area contributed by atoms with Gasteiger partial charge in [-0.05, 0) is 85.8 Å². The molecule has 5 aromatic rings. The zero-order chi connectivity index (χ0) is 38.7. The number of hydrogen-bond donors (Lipinski definition) is 1. The van der Waals surface area contributed by atoms with Gasteiger partial charge in [-0.2, -0.15) is 10.5 Å². The van der Waals surface area contributed by atoms with Gasteiger partial charge in [0.05, 0.1) is 29.0 Å². The summed E-state index contributed by atoms with van der Waals surface area (Å²) in [4.78, 5) is 16.8. The Hall–Kier alpha value is -5.56. The zero-order valence-corrected chi connectivity index (χ0v) is 32.1. The average molecular weight is 758 g/mol. The molecule has 1 aliphatic rings. The maximum atomic E-state index is 9.81. The van der Waals surface area contributed by atoms with E-state index in [4.69, 9.17) is 25.8 Å². The summed E-state index contributed by atoms with van der Waals surface area (Å²) in [7, 11) is 1.94. The van der Waals surface area contributed by atoms with Gasteiger partial charge in [0.25, 0.3) is 0 Å². The maximum absolute atomic E-state index is 9.81. The van der Waals surface area contributed by atoms with Crippen molar-refractivity contribution in [3.63, 3.8) is 0 Å². The monoisotopic (exact) mass is 757 g/mol. The molecule has 0 spiro atoms. The van der Waals surface area contributed by atoms with E-state index in [0.29, 0.717) is 47.5 Å². The number of benzene rings is 3. The van der Waals surface area contributed by atoms with E-state index in [2.05, 4.69) is 58.0 Å². The summed E-state index contributed by atoms with van der Waals surface area (Å²) in [6, 6.07) is 23.7. The molecule has 1 saturated heterocycles. The summed E-state index contributed by atoms with van der Waals surface area (Å²) in [5.41, 5.74) is 8.12. The minimum Gasteiger partial charge on any atom is -0.493 e. The number of aliphatic hydroxyl groups is 1. The van der Waals surface area contributed by atoms with Crippen molar-refractivity contribution in [1.82, 2.24) is 24.8 Å². The number of pyridine rings is 1. The molecule has 0 bridgehead atoms. The number of β-amino-alcohol motifs (C(OH)–C–C–N with tert-alkyl or cyclic N) is 1. The molecule has 1 aliphatic heterocycles. The molecule has 11 nitrogen and oxygen atoms in total. The van der Waals surface area contributed by atoms with Crippen LogP contribution in [0.2, 0.25) is 5.02 Å². The Kier molecular flexibility index (Phi) is 13.3. The lowest BCUT2D eigenvalue weighted by Gasteiger charge is -2.21. The summed E-state index contributed by atoms with van der Waals surface area (Å²) < 4.78 is 19.0. The van der Waals surface area contributed by atoms with Crippen LogP contribution in [0.15, 0.2) is 79.3 Å². The van der Waals surface area contributed by atoms with Crippen LogP contribution in [0.1, 0.15) is 57.7 Å². The Morgan fingerprint density at radius 3 is 2.47 bits per heavy atom. The van der Waals surface area contributed by atoms with Crippen molar-refractivity contribution >= 4 is 11.6 Å². The molecule has 0 aliphatic carbocycles. The molecule has 6 rings (SSSR count). The van der Waals surface area contributed by atoms with Crippen molar-refractivity contribution in [3.05, 3.63) is 129 Å². The van der Waals surface area contributed by atoms with Crippen LogP contribution in [0.5, 0.6) is 17.2 Å². The third-order valence-corrected chi connectivity index (χ3v) is 9.94. The van der Waals surface area contributed by atoms with Gasteiger partial charge in [-0.25, -0.2) is 9.97 Å². The summed E-state index contributed by atoms with van der Waals surface area (Å²) in [5, 5.41) is 28.8. The van der Waals surface area contributed by atoms with Crippen LogP contribution in [0.3, 0.4) is 0 Å². The smallest absolute Gasteiger partial charge is 0.232 e. The van der Waals surface area contributed by atoms with Gasteiger partial charge in [0.15, 0.2) is 0 Å². The molecule has 0 unspecified atom stereocenters. The Labute approximate surface area is 327 Å². The van der Waals surface area contributed by atoms with Crippen LogP contribution in [0.25, 0.3) is 11.1 Å². The van der Waals surface area contributed by atoms with Gasteiger partial charge in [0, 0.05) is 68.5 Å². The number of nitrogens with zero attached hydrogens (tertiary/aromatic N) is 7. The van der Waals surface area contributed by atoms with Crippen molar-refractivity contribution in [2.75, 3.05) is 33.3 Å². The van der Waals surface area contributed by atoms with Crippen molar-refractivity contribution < 1.29 is 19.3 Å². The zero-order valence-electron chi connectivity index (χ0n) is 31.3. The number of rotatable bonds is 16. The highest BCUT2D eigenvalue weighted by molar-refractivity contribution is 6.32. The van der Waals surface area contributed by atoms with Gasteiger partial charge < -0.3 is 24.2 Å². The van der Waals surface area contributed by atoms with E-state index >= 15 is 0 Å². The van der Waals surface area contributed by atoms with E-state index in [1.807, 2.05) is 48.3 Å². The summed E-state index contributed by atoms with van der Waals surface area (Å²) >= 11 is 6.88. The van der Waals surface area contributed by atoms with Crippen LogP contribution in [0.4, 0.5) is 0 Å². The number of aliphatic hydroxyl groups excluding tert-OH is 1. The quantitative estimate of drug-likeness (QED) is 0.102. The van der Waals surface area contributed by atoms with E-state index in [9.17, 15) is 15.6 Å². The van der Waals surface area contributed by atoms with Gasteiger partial charge in [0.2, 0.25) is 5.82 Å². The fourth-order valence-electron chi connectivity index (χ4n) is 6.73. The molecule has 2 aromatic heterocycles. The summed E-state index contributed by atoms with van der Waals surface area (Å²) in [6.07, 6.45) is 6.29. The minimum absolute atomic E-state index is 0.119. The van der Waals surface area contributed by atoms with E-state index < -0.39 is 0 Å². The average Bonchev–Trinajstić information content (AvgIpc) is 3.61. The first-order valence-corrected chi connectivity index (χ1v) is 18.6. The molecule has 1 fully saturated rings. The lowest BCUT2D eigenvalue weighted by atomic mass is 9.93. The van der Waals surface area contributed by atoms with Crippen LogP contribution < -0.4 is 14.2 Å². The molecular weight excluding hydrogens is 714 g/mol. The summed E-state index contributed by atoms with van der Waals surface area (Å²) in [5.74, 6) is 2.03. The van der Waals surface area contributed by atoms with Gasteiger partial charge in [0.1, 0.15) is 42.6 Å². The number of halogens is 1. The van der Waals surface area contributed by atoms with Gasteiger partial charge >= 0.3 is 0 Å². The Bertz CT molecular complexity index is 2200. The molecular formula is C43H44ClN7O4. The predicted octanol–water partition coefficient (Wildman–Crippen LogP) is 7.18. The van der Waals surface area contributed by atoms with Gasteiger partial charge in [-0.15, -0.1) is 0 Å². The van der Waals surface area contributed by atoms with Crippen molar-refractivity contribution in [1.29, 1.82) is 10.5 Å². The normalized spacial score (nSPS) is 14.1. The second kappa shape index (κ2) is 18.7. The van der Waals surface area contributed by atoms with Crippen LogP contribution >= 0.6 is 11.6 Å². The Balaban J connectivity index is 1.17. The highest BCUT2D eigenvalue weighted by atomic mass is 35.5. The molecule has 3 aromatic carbocycles. The number of ether oxygens (including phenoxy) is 3. The Morgan fingerprint density at radius 2 is 1.69 bits per heavy atom. The molecule has 12 heteroatoms. The Morgan fingerprint density at radius 1 is 0.891 bits per heavy atom. The van der Waals surface area contributed by atoms with Crippen molar-refractivity contribution in [3.8, 4) is 40.5 Å². The second-order valence-corrected chi connectivity index (χ2v) is 14.2. The maximum Gasteiger partial charge on any atom is 0.232 e. The topological polar surface area (TPSA) is 141 Å². The fourth-order valence-corrected chi connectivity index (χ4v) is 6.97. The molecule has 0 amide bonds. The van der Waals surface area contributed by atoms with E-state index in [1.165, 1.54) is 6.20 Å². The molecule has 55 heavy (non-hydrogen) atoms. The second-order valence-electron chi connectivity index (χ2n) is 13.8. The fraction of sp³-hybridized carbons (Fsp3) is 0.326. The largest absolute Gasteiger partial charge is 0.493 e. The van der Waals surface area contributed by atoms with Crippen LogP contribution in [0, 0.1) is 36.5 Å². The SMILES string of the molecule is Cc1c(COc2cc(OCc3cncc(C#N)c3)c(CN(C)Cc3ccnc(C#N)n3)cc2Cl)cccc1-c1cccc(OCCCN2CC[C@@H](O)C2)c1C. The van der Waals surface area contributed by atoms with Crippen molar-refractivity contribution in [2.24, 2.45) is 0 Å². The first kappa shape index (κ1) is 39.1. The first-order valence-electron chi connectivity index (χ1n) is 18.2. The van der Waals surface area contributed by atoms with Gasteiger partial charge in [-0.3, -0.25) is 9.88 Å². The molecule has 1 atom stereocenters. The first-order chi connectivity index (χ1) is 26.7. The minimum atomic E-state index is -0.211. The molecule has 1 N–H and O–H groups in total. The highest BCUT2D eigenvalue weighted by Gasteiger charge is 2.20.